The molecule has 1 aromatic heterocycles. The number of halogens is 1. The first-order chi connectivity index (χ1) is 9.10. The lowest BCUT2D eigenvalue weighted by Crippen LogP contribution is -2.42. The van der Waals surface area contributed by atoms with Crippen molar-refractivity contribution < 1.29 is 4.74 Å². The van der Waals surface area contributed by atoms with Gasteiger partial charge in [0.15, 0.2) is 5.82 Å². The minimum Gasteiger partial charge on any atom is -0.377 e. The molecule has 5 nitrogen and oxygen atoms in total. The van der Waals surface area contributed by atoms with Crippen LogP contribution in [0, 0.1) is 0 Å². The van der Waals surface area contributed by atoms with E-state index in [-0.39, 0.29) is 0 Å². The standard InChI is InChI=1S/C13H21ClN4O/c1-17-6-4-10(5-7-17)18(2)13-8-11(14)15-12(16-13)9-19-3/h8,10H,4-7,9H2,1-3H3. The molecule has 1 aliphatic heterocycles. The van der Waals surface area contributed by atoms with E-state index in [0.29, 0.717) is 23.6 Å². The smallest absolute Gasteiger partial charge is 0.158 e. The normalized spacial score (nSPS) is 17.7. The molecule has 1 saturated heterocycles. The molecule has 0 N–H and O–H groups in total. The summed E-state index contributed by atoms with van der Waals surface area (Å²) in [6, 6.07) is 2.33. The highest BCUT2D eigenvalue weighted by Gasteiger charge is 2.22. The highest BCUT2D eigenvalue weighted by molar-refractivity contribution is 6.29. The molecular weight excluding hydrogens is 264 g/mol. The van der Waals surface area contributed by atoms with Gasteiger partial charge in [-0.2, -0.15) is 0 Å². The van der Waals surface area contributed by atoms with Gasteiger partial charge in [-0.25, -0.2) is 9.97 Å². The molecule has 2 rings (SSSR count). The van der Waals surface area contributed by atoms with Crippen LogP contribution < -0.4 is 4.90 Å². The molecule has 0 bridgehead atoms. The van der Waals surface area contributed by atoms with E-state index in [9.17, 15) is 0 Å². The Morgan fingerprint density at radius 1 is 1.42 bits per heavy atom. The Bertz CT molecular complexity index is 421. The third-order valence-electron chi connectivity index (χ3n) is 3.60. The molecule has 0 spiro atoms. The molecule has 0 saturated carbocycles. The summed E-state index contributed by atoms with van der Waals surface area (Å²) in [6.07, 6.45) is 2.29. The second-order valence-electron chi connectivity index (χ2n) is 5.04. The molecule has 0 aromatic carbocycles. The van der Waals surface area contributed by atoms with Gasteiger partial charge in [0.1, 0.15) is 17.6 Å². The van der Waals surface area contributed by atoms with Gasteiger partial charge in [0, 0.05) is 26.3 Å². The summed E-state index contributed by atoms with van der Waals surface area (Å²) in [6.45, 7) is 2.63. The number of rotatable bonds is 4. The monoisotopic (exact) mass is 284 g/mol. The van der Waals surface area contributed by atoms with Crippen LogP contribution >= 0.6 is 11.6 Å². The third-order valence-corrected chi connectivity index (χ3v) is 3.79. The van der Waals surface area contributed by atoms with Crippen LogP contribution in [0.3, 0.4) is 0 Å². The van der Waals surface area contributed by atoms with Gasteiger partial charge in [0.05, 0.1) is 0 Å². The number of likely N-dealkylation sites (tertiary alicyclic amines) is 1. The molecule has 6 heteroatoms. The van der Waals surface area contributed by atoms with Crippen molar-refractivity contribution in [2.45, 2.75) is 25.5 Å². The number of ether oxygens (including phenoxy) is 1. The van der Waals surface area contributed by atoms with Crippen LogP contribution in [0.2, 0.25) is 5.15 Å². The maximum atomic E-state index is 6.05. The van der Waals surface area contributed by atoms with Crippen LogP contribution in [0.25, 0.3) is 0 Å². The van der Waals surface area contributed by atoms with Gasteiger partial charge in [-0.05, 0) is 33.0 Å². The van der Waals surface area contributed by atoms with Crippen molar-refractivity contribution in [2.75, 3.05) is 39.2 Å². The summed E-state index contributed by atoms with van der Waals surface area (Å²) in [4.78, 5) is 13.2. The van der Waals surface area contributed by atoms with E-state index in [0.717, 1.165) is 31.7 Å². The Morgan fingerprint density at radius 3 is 2.74 bits per heavy atom. The van der Waals surface area contributed by atoms with Crippen molar-refractivity contribution in [3.8, 4) is 0 Å². The molecule has 0 amide bonds. The van der Waals surface area contributed by atoms with E-state index < -0.39 is 0 Å². The van der Waals surface area contributed by atoms with Crippen LogP contribution in [0.1, 0.15) is 18.7 Å². The van der Waals surface area contributed by atoms with Crippen LogP contribution in [0.5, 0.6) is 0 Å². The van der Waals surface area contributed by atoms with Crippen molar-refractivity contribution in [1.29, 1.82) is 0 Å². The number of aromatic nitrogens is 2. The Morgan fingerprint density at radius 2 is 2.11 bits per heavy atom. The molecule has 0 atom stereocenters. The maximum absolute atomic E-state index is 6.05. The van der Waals surface area contributed by atoms with Crippen LogP contribution in [-0.2, 0) is 11.3 Å². The molecule has 0 radical (unpaired) electrons. The Hall–Kier alpha value is -0.910. The van der Waals surface area contributed by atoms with Gasteiger partial charge in [0.25, 0.3) is 0 Å². The maximum Gasteiger partial charge on any atom is 0.158 e. The molecule has 1 fully saturated rings. The summed E-state index contributed by atoms with van der Waals surface area (Å²) in [7, 11) is 5.87. The van der Waals surface area contributed by atoms with E-state index in [1.165, 1.54) is 0 Å². The van der Waals surface area contributed by atoms with Gasteiger partial charge in [-0.3, -0.25) is 0 Å². The van der Waals surface area contributed by atoms with Crippen LogP contribution in [-0.4, -0.2) is 55.2 Å². The number of methoxy groups -OCH3 is 1. The van der Waals surface area contributed by atoms with E-state index in [1.54, 1.807) is 7.11 Å². The number of nitrogens with zero attached hydrogens (tertiary/aromatic N) is 4. The number of anilines is 1. The number of piperidine rings is 1. The van der Waals surface area contributed by atoms with Gasteiger partial charge >= 0.3 is 0 Å². The van der Waals surface area contributed by atoms with Crippen molar-refractivity contribution in [3.05, 3.63) is 17.0 Å². The zero-order chi connectivity index (χ0) is 13.8. The highest BCUT2D eigenvalue weighted by atomic mass is 35.5. The van der Waals surface area contributed by atoms with Crippen molar-refractivity contribution in [2.24, 2.45) is 0 Å². The highest BCUT2D eigenvalue weighted by Crippen LogP contribution is 2.22. The van der Waals surface area contributed by atoms with Gasteiger partial charge < -0.3 is 14.5 Å². The fourth-order valence-corrected chi connectivity index (χ4v) is 2.59. The van der Waals surface area contributed by atoms with Crippen molar-refractivity contribution in [3.63, 3.8) is 0 Å². The second kappa shape index (κ2) is 6.50. The largest absolute Gasteiger partial charge is 0.377 e. The molecule has 0 aliphatic carbocycles. The van der Waals surface area contributed by atoms with Crippen LogP contribution in [0.4, 0.5) is 5.82 Å². The minimum absolute atomic E-state index is 0.384. The first-order valence-electron chi connectivity index (χ1n) is 6.54. The zero-order valence-electron chi connectivity index (χ0n) is 11.8. The van der Waals surface area contributed by atoms with Gasteiger partial charge in [-0.1, -0.05) is 11.6 Å². The van der Waals surface area contributed by atoms with Crippen molar-refractivity contribution in [1.82, 2.24) is 14.9 Å². The van der Waals surface area contributed by atoms with Gasteiger partial charge in [-0.15, -0.1) is 0 Å². The lowest BCUT2D eigenvalue weighted by Gasteiger charge is -2.35. The molecular formula is C13H21ClN4O. The minimum atomic E-state index is 0.384. The lowest BCUT2D eigenvalue weighted by molar-refractivity contribution is 0.177. The fourth-order valence-electron chi connectivity index (χ4n) is 2.40. The third kappa shape index (κ3) is 3.78. The topological polar surface area (TPSA) is 41.5 Å². The molecule has 0 unspecified atom stereocenters. The summed E-state index contributed by atoms with van der Waals surface area (Å²) in [5.41, 5.74) is 0. The summed E-state index contributed by atoms with van der Waals surface area (Å²) in [5, 5.41) is 0.469. The van der Waals surface area contributed by atoms with E-state index in [4.69, 9.17) is 16.3 Å². The number of hydrogen-bond donors (Lipinski definition) is 0. The first kappa shape index (κ1) is 14.5. The quantitative estimate of drug-likeness (QED) is 0.789. The zero-order valence-corrected chi connectivity index (χ0v) is 12.5. The molecule has 106 valence electrons. The predicted molar refractivity (Wildman–Crippen MR) is 76.7 cm³/mol. The average molecular weight is 285 g/mol. The Balaban J connectivity index is 2.11. The average Bonchev–Trinajstić information content (AvgIpc) is 2.38. The number of hydrogen-bond acceptors (Lipinski definition) is 5. The molecule has 2 heterocycles. The summed E-state index contributed by atoms with van der Waals surface area (Å²) < 4.78 is 5.07. The summed E-state index contributed by atoms with van der Waals surface area (Å²) >= 11 is 6.05. The predicted octanol–water partition coefficient (Wildman–Crippen LogP) is 1.81. The van der Waals surface area contributed by atoms with Crippen LogP contribution in [0.15, 0.2) is 6.07 Å². The molecule has 1 aliphatic rings. The van der Waals surface area contributed by atoms with Crippen molar-refractivity contribution >= 4 is 17.4 Å². The first-order valence-corrected chi connectivity index (χ1v) is 6.91. The molecule has 1 aromatic rings. The van der Waals surface area contributed by atoms with E-state index >= 15 is 0 Å². The lowest BCUT2D eigenvalue weighted by atomic mass is 10.0. The SMILES string of the molecule is COCc1nc(Cl)cc(N(C)C2CCN(C)CC2)n1. The molecule has 19 heavy (non-hydrogen) atoms. The van der Waals surface area contributed by atoms with E-state index in [2.05, 4.69) is 33.9 Å². The second-order valence-corrected chi connectivity index (χ2v) is 5.43. The van der Waals surface area contributed by atoms with E-state index in [1.807, 2.05) is 6.07 Å². The Labute approximate surface area is 119 Å². The Kier molecular flexibility index (Phi) is 4.96. The fraction of sp³-hybridized carbons (Fsp3) is 0.692. The van der Waals surface area contributed by atoms with Gasteiger partial charge in [0.2, 0.25) is 0 Å². The summed E-state index contributed by atoms with van der Waals surface area (Å²) in [5.74, 6) is 1.51.